The van der Waals surface area contributed by atoms with Gasteiger partial charge in [0.25, 0.3) is 0 Å². The Morgan fingerprint density at radius 3 is 2.87 bits per heavy atom. The molecule has 15 heavy (non-hydrogen) atoms. The van der Waals surface area contributed by atoms with Crippen molar-refractivity contribution in [3.63, 3.8) is 0 Å². The number of hydrogen-bond acceptors (Lipinski definition) is 3. The predicted octanol–water partition coefficient (Wildman–Crippen LogP) is 0.151. The van der Waals surface area contributed by atoms with E-state index in [1.54, 1.807) is 12.3 Å². The minimum Gasteiger partial charge on any atom is -0.379 e. The van der Waals surface area contributed by atoms with Crippen molar-refractivity contribution in [1.82, 2.24) is 15.5 Å². The molecule has 1 saturated heterocycles. The molecule has 1 aliphatic heterocycles. The summed E-state index contributed by atoms with van der Waals surface area (Å²) in [6, 6.07) is -0.152. The van der Waals surface area contributed by atoms with Crippen molar-refractivity contribution in [2.24, 2.45) is 0 Å². The molecule has 1 aliphatic rings. The number of amides is 2. The molecule has 0 aromatic carbocycles. The average Bonchev–Trinajstić information content (AvgIpc) is 2.28. The molecule has 1 heterocycles. The summed E-state index contributed by atoms with van der Waals surface area (Å²) < 4.78 is 5.23. The summed E-state index contributed by atoms with van der Waals surface area (Å²) in [4.78, 5) is 13.4. The Hall–Kier alpha value is -1.07. The fourth-order valence-electron chi connectivity index (χ4n) is 1.36. The highest BCUT2D eigenvalue weighted by molar-refractivity contribution is 5.74. The molecule has 0 spiro atoms. The van der Waals surface area contributed by atoms with E-state index in [1.807, 2.05) is 6.92 Å². The first-order valence-corrected chi connectivity index (χ1v) is 5.28. The van der Waals surface area contributed by atoms with Gasteiger partial charge in [0.15, 0.2) is 0 Å². The monoisotopic (exact) mass is 213 g/mol. The summed E-state index contributed by atoms with van der Waals surface area (Å²) >= 11 is 0. The van der Waals surface area contributed by atoms with E-state index < -0.39 is 0 Å². The van der Waals surface area contributed by atoms with Crippen LogP contribution in [0.3, 0.4) is 0 Å². The van der Waals surface area contributed by atoms with Crippen LogP contribution in [0.4, 0.5) is 4.79 Å². The van der Waals surface area contributed by atoms with Gasteiger partial charge >= 0.3 is 6.03 Å². The molecule has 2 N–H and O–H groups in total. The Morgan fingerprint density at radius 1 is 1.47 bits per heavy atom. The molecule has 0 aromatic rings. The SMILES string of the molecule is C/C=C/NC(=O)NCCN1CCOCC1. The third-order valence-corrected chi connectivity index (χ3v) is 2.20. The van der Waals surface area contributed by atoms with Crippen molar-refractivity contribution in [1.29, 1.82) is 0 Å². The first-order valence-electron chi connectivity index (χ1n) is 5.28. The lowest BCUT2D eigenvalue weighted by Gasteiger charge is -2.26. The fourth-order valence-corrected chi connectivity index (χ4v) is 1.36. The van der Waals surface area contributed by atoms with Gasteiger partial charge in [0.2, 0.25) is 0 Å². The Balaban J connectivity index is 2.02. The normalized spacial score (nSPS) is 17.9. The summed E-state index contributed by atoms with van der Waals surface area (Å²) in [6.07, 6.45) is 3.39. The first-order chi connectivity index (χ1) is 7.33. The lowest BCUT2D eigenvalue weighted by molar-refractivity contribution is 0.0387. The quantitative estimate of drug-likeness (QED) is 0.699. The Kier molecular flexibility index (Phi) is 5.80. The average molecular weight is 213 g/mol. The lowest BCUT2D eigenvalue weighted by atomic mass is 10.4. The van der Waals surface area contributed by atoms with Crippen molar-refractivity contribution in [3.05, 3.63) is 12.3 Å². The van der Waals surface area contributed by atoms with Gasteiger partial charge < -0.3 is 15.4 Å². The number of hydrogen-bond donors (Lipinski definition) is 2. The second-order valence-corrected chi connectivity index (χ2v) is 3.35. The molecule has 1 rings (SSSR count). The lowest BCUT2D eigenvalue weighted by Crippen LogP contribution is -2.42. The number of allylic oxidation sites excluding steroid dienone is 1. The van der Waals surface area contributed by atoms with E-state index in [0.29, 0.717) is 6.54 Å². The number of carbonyl (C=O) groups is 1. The van der Waals surface area contributed by atoms with Gasteiger partial charge in [-0.15, -0.1) is 0 Å². The molecule has 1 fully saturated rings. The zero-order valence-electron chi connectivity index (χ0n) is 9.16. The highest BCUT2D eigenvalue weighted by Crippen LogP contribution is 1.94. The van der Waals surface area contributed by atoms with Crippen molar-refractivity contribution in [3.8, 4) is 0 Å². The van der Waals surface area contributed by atoms with Gasteiger partial charge in [0.05, 0.1) is 13.2 Å². The van der Waals surface area contributed by atoms with Crippen LogP contribution < -0.4 is 10.6 Å². The van der Waals surface area contributed by atoms with E-state index in [4.69, 9.17) is 4.74 Å². The minimum atomic E-state index is -0.152. The van der Waals surface area contributed by atoms with E-state index in [1.165, 1.54) is 0 Å². The van der Waals surface area contributed by atoms with Crippen LogP contribution in [0.5, 0.6) is 0 Å². The highest BCUT2D eigenvalue weighted by Gasteiger charge is 2.09. The summed E-state index contributed by atoms with van der Waals surface area (Å²) in [5.41, 5.74) is 0. The number of carbonyl (C=O) groups excluding carboxylic acids is 1. The molecule has 0 bridgehead atoms. The third kappa shape index (κ3) is 5.39. The van der Waals surface area contributed by atoms with Crippen LogP contribution in [0.2, 0.25) is 0 Å². The second-order valence-electron chi connectivity index (χ2n) is 3.35. The van der Waals surface area contributed by atoms with Crippen molar-refractivity contribution in [2.45, 2.75) is 6.92 Å². The van der Waals surface area contributed by atoms with Crippen LogP contribution >= 0.6 is 0 Å². The zero-order valence-corrected chi connectivity index (χ0v) is 9.16. The summed E-state index contributed by atoms with van der Waals surface area (Å²) in [6.45, 7) is 6.91. The maximum Gasteiger partial charge on any atom is 0.318 e. The molecule has 0 atom stereocenters. The van der Waals surface area contributed by atoms with Gasteiger partial charge in [0, 0.05) is 32.4 Å². The van der Waals surface area contributed by atoms with Crippen LogP contribution in [0.1, 0.15) is 6.92 Å². The van der Waals surface area contributed by atoms with Crippen LogP contribution in [0, 0.1) is 0 Å². The van der Waals surface area contributed by atoms with Crippen molar-refractivity contribution < 1.29 is 9.53 Å². The fraction of sp³-hybridized carbons (Fsp3) is 0.700. The second kappa shape index (κ2) is 7.25. The molecular weight excluding hydrogens is 194 g/mol. The van der Waals surface area contributed by atoms with Gasteiger partial charge in [-0.25, -0.2) is 4.79 Å². The molecule has 0 saturated carbocycles. The maximum atomic E-state index is 11.1. The Bertz CT molecular complexity index is 213. The molecule has 5 heteroatoms. The summed E-state index contributed by atoms with van der Waals surface area (Å²) in [5.74, 6) is 0. The van der Waals surface area contributed by atoms with Crippen molar-refractivity contribution in [2.75, 3.05) is 39.4 Å². The van der Waals surface area contributed by atoms with Gasteiger partial charge in [0.1, 0.15) is 0 Å². The number of ether oxygens (including phenoxy) is 1. The maximum absolute atomic E-state index is 11.1. The van der Waals surface area contributed by atoms with E-state index in [2.05, 4.69) is 15.5 Å². The number of urea groups is 1. The molecule has 0 unspecified atom stereocenters. The molecule has 0 aromatic heterocycles. The zero-order chi connectivity index (χ0) is 10.9. The van der Waals surface area contributed by atoms with E-state index >= 15 is 0 Å². The van der Waals surface area contributed by atoms with Gasteiger partial charge in [-0.3, -0.25) is 4.90 Å². The third-order valence-electron chi connectivity index (χ3n) is 2.20. The van der Waals surface area contributed by atoms with Gasteiger partial charge in [-0.1, -0.05) is 6.08 Å². The smallest absolute Gasteiger partial charge is 0.318 e. The molecular formula is C10H19N3O2. The van der Waals surface area contributed by atoms with Crippen LogP contribution in [0.25, 0.3) is 0 Å². The largest absolute Gasteiger partial charge is 0.379 e. The summed E-state index contributed by atoms with van der Waals surface area (Å²) in [5, 5.41) is 5.38. The predicted molar refractivity (Wildman–Crippen MR) is 58.6 cm³/mol. The van der Waals surface area contributed by atoms with E-state index in [9.17, 15) is 4.79 Å². The molecule has 86 valence electrons. The molecule has 0 radical (unpaired) electrons. The molecule has 5 nitrogen and oxygen atoms in total. The molecule has 0 aliphatic carbocycles. The Labute approximate surface area is 90.5 Å². The van der Waals surface area contributed by atoms with Gasteiger partial charge in [-0.05, 0) is 6.92 Å². The Morgan fingerprint density at radius 2 is 2.20 bits per heavy atom. The first kappa shape index (κ1) is 12.0. The topological polar surface area (TPSA) is 53.6 Å². The van der Waals surface area contributed by atoms with Crippen molar-refractivity contribution >= 4 is 6.03 Å². The number of rotatable bonds is 4. The summed E-state index contributed by atoms with van der Waals surface area (Å²) in [7, 11) is 0. The standard InChI is InChI=1S/C10H19N3O2/c1-2-3-11-10(14)12-4-5-13-6-8-15-9-7-13/h2-3H,4-9H2,1H3,(H2,11,12,14)/b3-2+. The molecule has 2 amide bonds. The van der Waals surface area contributed by atoms with Crippen LogP contribution in [0.15, 0.2) is 12.3 Å². The van der Waals surface area contributed by atoms with E-state index in [-0.39, 0.29) is 6.03 Å². The number of morpholine rings is 1. The highest BCUT2D eigenvalue weighted by atomic mass is 16.5. The number of nitrogens with zero attached hydrogens (tertiary/aromatic N) is 1. The van der Waals surface area contributed by atoms with Crippen LogP contribution in [-0.4, -0.2) is 50.3 Å². The number of nitrogens with one attached hydrogen (secondary N) is 2. The minimum absolute atomic E-state index is 0.152. The van der Waals surface area contributed by atoms with Gasteiger partial charge in [-0.2, -0.15) is 0 Å². The van der Waals surface area contributed by atoms with E-state index in [0.717, 1.165) is 32.8 Å². The van der Waals surface area contributed by atoms with Crippen LogP contribution in [-0.2, 0) is 4.74 Å².